The molecule has 19 heavy (non-hydrogen) atoms. The number of unbranched alkanes of at least 4 members (excludes halogenated alkanes) is 3. The average Bonchev–Trinajstić information content (AvgIpc) is 2.33. The Kier molecular flexibility index (Phi) is 5.60. The minimum absolute atomic E-state index is 0.159. The molecule has 1 atom stereocenters. The average molecular weight is 267 g/mol. The molecule has 0 aliphatic rings. The molecule has 0 saturated heterocycles. The summed E-state index contributed by atoms with van der Waals surface area (Å²) in [5.74, 6) is -1.51. The lowest BCUT2D eigenvalue weighted by atomic mass is 10.1. The van der Waals surface area contributed by atoms with E-state index in [1.54, 1.807) is 0 Å². The van der Waals surface area contributed by atoms with Gasteiger partial charge in [-0.3, -0.25) is 9.36 Å². The standard InChI is InChI=1S/C14H21NO4/c1-3-4-5-6-7-10(2)15-12(14(18)19)8-11(16)9-13(15)17/h8-10,16H,3-7H2,1-2H3,(H,18,19). The minimum Gasteiger partial charge on any atom is -0.508 e. The van der Waals surface area contributed by atoms with Crippen molar-refractivity contribution in [2.75, 3.05) is 0 Å². The van der Waals surface area contributed by atoms with Crippen LogP contribution in [-0.4, -0.2) is 20.7 Å². The van der Waals surface area contributed by atoms with E-state index in [-0.39, 0.29) is 17.5 Å². The van der Waals surface area contributed by atoms with E-state index in [1.807, 2.05) is 6.92 Å². The van der Waals surface area contributed by atoms with Crippen molar-refractivity contribution in [3.05, 3.63) is 28.2 Å². The summed E-state index contributed by atoms with van der Waals surface area (Å²) in [5, 5.41) is 18.4. The van der Waals surface area contributed by atoms with E-state index in [9.17, 15) is 14.7 Å². The van der Waals surface area contributed by atoms with Gasteiger partial charge in [0, 0.05) is 18.2 Å². The Balaban J connectivity index is 2.92. The van der Waals surface area contributed by atoms with Gasteiger partial charge in [-0.2, -0.15) is 0 Å². The van der Waals surface area contributed by atoms with Crippen molar-refractivity contribution in [2.45, 2.75) is 52.0 Å². The number of aromatic nitrogens is 1. The SMILES string of the molecule is CCCCCCC(C)n1c(C(=O)O)cc(O)cc1=O. The van der Waals surface area contributed by atoms with Crippen LogP contribution in [0, 0.1) is 0 Å². The van der Waals surface area contributed by atoms with Gasteiger partial charge < -0.3 is 10.2 Å². The zero-order valence-electron chi connectivity index (χ0n) is 11.4. The largest absolute Gasteiger partial charge is 0.508 e. The van der Waals surface area contributed by atoms with Crippen LogP contribution >= 0.6 is 0 Å². The van der Waals surface area contributed by atoms with Gasteiger partial charge in [0.25, 0.3) is 5.56 Å². The molecule has 1 heterocycles. The van der Waals surface area contributed by atoms with Gasteiger partial charge >= 0.3 is 5.97 Å². The Morgan fingerprint density at radius 1 is 1.32 bits per heavy atom. The van der Waals surface area contributed by atoms with Crippen LogP contribution in [0.2, 0.25) is 0 Å². The van der Waals surface area contributed by atoms with Crippen molar-refractivity contribution >= 4 is 5.97 Å². The fraction of sp³-hybridized carbons (Fsp3) is 0.571. The predicted molar refractivity (Wildman–Crippen MR) is 72.8 cm³/mol. The molecule has 1 rings (SSSR count). The molecular weight excluding hydrogens is 246 g/mol. The number of aromatic hydroxyl groups is 1. The summed E-state index contributed by atoms with van der Waals surface area (Å²) in [7, 11) is 0. The highest BCUT2D eigenvalue weighted by Crippen LogP contribution is 2.18. The quantitative estimate of drug-likeness (QED) is 0.744. The van der Waals surface area contributed by atoms with E-state index < -0.39 is 11.5 Å². The van der Waals surface area contributed by atoms with Gasteiger partial charge in [0.15, 0.2) is 0 Å². The maximum Gasteiger partial charge on any atom is 0.352 e. The Bertz CT molecular complexity index is 493. The number of carboxylic acid groups (broad SMARTS) is 1. The molecule has 0 bridgehead atoms. The summed E-state index contributed by atoms with van der Waals surface area (Å²) >= 11 is 0. The molecular formula is C14H21NO4. The molecule has 0 aromatic carbocycles. The number of hydrogen-bond donors (Lipinski definition) is 2. The van der Waals surface area contributed by atoms with E-state index in [0.717, 1.165) is 44.2 Å². The predicted octanol–water partition coefficient (Wildman–Crippen LogP) is 2.78. The van der Waals surface area contributed by atoms with E-state index in [0.29, 0.717) is 0 Å². The number of hydrogen-bond acceptors (Lipinski definition) is 3. The van der Waals surface area contributed by atoms with Gasteiger partial charge in [-0.05, 0) is 13.3 Å². The smallest absolute Gasteiger partial charge is 0.352 e. The van der Waals surface area contributed by atoms with Crippen molar-refractivity contribution in [3.8, 4) is 5.75 Å². The Morgan fingerprint density at radius 2 is 2.00 bits per heavy atom. The normalized spacial score (nSPS) is 12.3. The van der Waals surface area contributed by atoms with Crippen molar-refractivity contribution < 1.29 is 15.0 Å². The first kappa shape index (κ1) is 15.3. The van der Waals surface area contributed by atoms with Gasteiger partial charge in [-0.15, -0.1) is 0 Å². The topological polar surface area (TPSA) is 79.5 Å². The highest BCUT2D eigenvalue weighted by atomic mass is 16.4. The number of aromatic carboxylic acids is 1. The van der Waals surface area contributed by atoms with Crippen molar-refractivity contribution in [3.63, 3.8) is 0 Å². The Labute approximate surface area is 112 Å². The van der Waals surface area contributed by atoms with Crippen LogP contribution in [0.4, 0.5) is 0 Å². The number of carbonyl (C=O) groups is 1. The highest BCUT2D eigenvalue weighted by molar-refractivity contribution is 5.86. The summed E-state index contributed by atoms with van der Waals surface area (Å²) < 4.78 is 1.24. The summed E-state index contributed by atoms with van der Waals surface area (Å²) in [6.45, 7) is 3.95. The molecule has 5 heteroatoms. The zero-order chi connectivity index (χ0) is 14.4. The molecule has 0 aliphatic carbocycles. The number of nitrogens with zero attached hydrogens (tertiary/aromatic N) is 1. The van der Waals surface area contributed by atoms with Gasteiger partial charge in [-0.25, -0.2) is 4.79 Å². The maximum atomic E-state index is 11.8. The molecule has 0 radical (unpaired) electrons. The summed E-state index contributed by atoms with van der Waals surface area (Å²) in [5.41, 5.74) is -0.631. The Morgan fingerprint density at radius 3 is 2.58 bits per heavy atom. The van der Waals surface area contributed by atoms with E-state index in [2.05, 4.69) is 6.92 Å². The van der Waals surface area contributed by atoms with Crippen LogP contribution in [0.3, 0.4) is 0 Å². The van der Waals surface area contributed by atoms with Crippen LogP contribution in [0.5, 0.6) is 5.75 Å². The lowest BCUT2D eigenvalue weighted by Crippen LogP contribution is -2.27. The number of carboxylic acids is 1. The monoisotopic (exact) mass is 267 g/mol. The second-order valence-corrected chi connectivity index (χ2v) is 4.81. The van der Waals surface area contributed by atoms with Gasteiger partial charge in [-0.1, -0.05) is 32.6 Å². The lowest BCUT2D eigenvalue weighted by Gasteiger charge is -2.17. The molecule has 0 spiro atoms. The van der Waals surface area contributed by atoms with Crippen LogP contribution in [0.25, 0.3) is 0 Å². The first-order valence-corrected chi connectivity index (χ1v) is 6.66. The highest BCUT2D eigenvalue weighted by Gasteiger charge is 2.17. The van der Waals surface area contributed by atoms with Gasteiger partial charge in [0.2, 0.25) is 0 Å². The maximum absolute atomic E-state index is 11.8. The first-order chi connectivity index (χ1) is 8.97. The second-order valence-electron chi connectivity index (χ2n) is 4.81. The first-order valence-electron chi connectivity index (χ1n) is 6.66. The number of pyridine rings is 1. The zero-order valence-corrected chi connectivity index (χ0v) is 11.4. The van der Waals surface area contributed by atoms with Crippen LogP contribution in [-0.2, 0) is 0 Å². The molecule has 1 aromatic rings. The van der Waals surface area contributed by atoms with E-state index in [4.69, 9.17) is 5.11 Å². The summed E-state index contributed by atoms with van der Waals surface area (Å²) in [6.07, 6.45) is 5.07. The van der Waals surface area contributed by atoms with E-state index in [1.165, 1.54) is 4.57 Å². The molecule has 0 aliphatic heterocycles. The summed E-state index contributed by atoms with van der Waals surface area (Å²) in [6, 6.07) is 1.98. The molecule has 2 N–H and O–H groups in total. The summed E-state index contributed by atoms with van der Waals surface area (Å²) in [4.78, 5) is 23.0. The van der Waals surface area contributed by atoms with Crippen LogP contribution < -0.4 is 5.56 Å². The molecule has 1 unspecified atom stereocenters. The van der Waals surface area contributed by atoms with E-state index >= 15 is 0 Å². The second kappa shape index (κ2) is 6.97. The third kappa shape index (κ3) is 4.12. The Hall–Kier alpha value is -1.78. The molecule has 5 nitrogen and oxygen atoms in total. The van der Waals surface area contributed by atoms with Gasteiger partial charge in [0.05, 0.1) is 0 Å². The molecule has 0 fully saturated rings. The van der Waals surface area contributed by atoms with Gasteiger partial charge in [0.1, 0.15) is 11.4 Å². The van der Waals surface area contributed by atoms with Crippen LogP contribution in [0.1, 0.15) is 62.5 Å². The number of rotatable bonds is 7. The molecule has 106 valence electrons. The fourth-order valence-electron chi connectivity index (χ4n) is 2.18. The molecule has 1 aromatic heterocycles. The van der Waals surface area contributed by atoms with Crippen molar-refractivity contribution in [2.24, 2.45) is 0 Å². The van der Waals surface area contributed by atoms with Crippen molar-refractivity contribution in [1.82, 2.24) is 4.57 Å². The minimum atomic E-state index is -1.20. The third-order valence-electron chi connectivity index (χ3n) is 3.19. The van der Waals surface area contributed by atoms with Crippen LogP contribution in [0.15, 0.2) is 16.9 Å². The third-order valence-corrected chi connectivity index (χ3v) is 3.19. The molecule has 0 saturated carbocycles. The van der Waals surface area contributed by atoms with Crippen molar-refractivity contribution in [1.29, 1.82) is 0 Å². The fourth-order valence-corrected chi connectivity index (χ4v) is 2.18. The lowest BCUT2D eigenvalue weighted by molar-refractivity contribution is 0.0680. The molecule has 0 amide bonds.